The average Bonchev–Trinajstić information content (AvgIpc) is 2.80. The quantitative estimate of drug-likeness (QED) is 0.649. The van der Waals surface area contributed by atoms with Crippen LogP contribution in [0.1, 0.15) is 12.8 Å². The largest absolute Gasteiger partial charge is 0.488 e. The first-order chi connectivity index (χ1) is 15.0. The Morgan fingerprint density at radius 3 is 2.48 bits per heavy atom. The maximum Gasteiger partial charge on any atom is 0.411 e. The fourth-order valence-corrected chi connectivity index (χ4v) is 5.04. The van der Waals surface area contributed by atoms with Crippen molar-refractivity contribution in [2.75, 3.05) is 25.5 Å². The molecule has 8 nitrogen and oxygen atoms in total. The number of para-hydroxylation sites is 1. The standard InChI is InChI=1S/C22H23N3O5S/c1-29-22(26)24-17-7-9-19(10-8-17)31(27,28)25-14-11-18(12-15-25)30-20-6-2-4-16-5-3-13-23-21(16)20/h2-10,13,18H,11-12,14-15H2,1H3,(H,24,26). The van der Waals surface area contributed by atoms with E-state index < -0.39 is 16.1 Å². The zero-order valence-electron chi connectivity index (χ0n) is 17.0. The molecule has 4 rings (SSSR count). The molecule has 0 radical (unpaired) electrons. The van der Waals surface area contributed by atoms with Crippen LogP contribution >= 0.6 is 0 Å². The van der Waals surface area contributed by atoms with Crippen LogP contribution in [0.4, 0.5) is 10.5 Å². The number of carbonyl (C=O) groups excluding carboxylic acids is 1. The van der Waals surface area contributed by atoms with Gasteiger partial charge in [0, 0.05) is 30.4 Å². The zero-order valence-corrected chi connectivity index (χ0v) is 17.8. The first-order valence-corrected chi connectivity index (χ1v) is 11.4. The highest BCUT2D eigenvalue weighted by atomic mass is 32.2. The van der Waals surface area contributed by atoms with E-state index in [4.69, 9.17) is 4.74 Å². The average molecular weight is 442 g/mol. The second kappa shape index (κ2) is 8.91. The van der Waals surface area contributed by atoms with Crippen LogP contribution in [-0.2, 0) is 14.8 Å². The lowest BCUT2D eigenvalue weighted by atomic mass is 10.1. The van der Waals surface area contributed by atoms with Gasteiger partial charge in [0.25, 0.3) is 0 Å². The fourth-order valence-electron chi connectivity index (χ4n) is 3.57. The van der Waals surface area contributed by atoms with E-state index in [1.54, 1.807) is 6.20 Å². The van der Waals surface area contributed by atoms with Gasteiger partial charge in [-0.3, -0.25) is 10.3 Å². The van der Waals surface area contributed by atoms with Crippen molar-refractivity contribution in [2.24, 2.45) is 0 Å². The Labute approximate surface area is 180 Å². The van der Waals surface area contributed by atoms with Crippen molar-refractivity contribution >= 4 is 32.7 Å². The molecule has 1 saturated heterocycles. The summed E-state index contributed by atoms with van der Waals surface area (Å²) < 4.78 is 38.1. The van der Waals surface area contributed by atoms with Crippen LogP contribution < -0.4 is 10.1 Å². The lowest BCUT2D eigenvalue weighted by Gasteiger charge is -2.31. The smallest absolute Gasteiger partial charge is 0.411 e. The predicted molar refractivity (Wildman–Crippen MR) is 117 cm³/mol. The topological polar surface area (TPSA) is 97.8 Å². The van der Waals surface area contributed by atoms with Crippen LogP contribution in [0.5, 0.6) is 5.75 Å². The van der Waals surface area contributed by atoms with Gasteiger partial charge < -0.3 is 9.47 Å². The van der Waals surface area contributed by atoms with Gasteiger partial charge in [0.2, 0.25) is 10.0 Å². The van der Waals surface area contributed by atoms with Crippen LogP contribution in [0.2, 0.25) is 0 Å². The Hall–Kier alpha value is -3.17. The molecule has 3 aromatic rings. The number of hydrogen-bond donors (Lipinski definition) is 1. The number of piperidine rings is 1. The lowest BCUT2D eigenvalue weighted by molar-refractivity contribution is 0.136. The molecule has 0 saturated carbocycles. The number of nitrogens with one attached hydrogen (secondary N) is 1. The van der Waals surface area contributed by atoms with Crippen LogP contribution in [0.15, 0.2) is 65.7 Å². The minimum atomic E-state index is -3.62. The highest BCUT2D eigenvalue weighted by molar-refractivity contribution is 7.89. The Bertz CT molecular complexity index is 1170. The first kappa shape index (κ1) is 21.1. The summed E-state index contributed by atoms with van der Waals surface area (Å²) in [4.78, 5) is 15.9. The van der Waals surface area contributed by atoms with Gasteiger partial charge in [-0.1, -0.05) is 18.2 Å². The zero-order chi connectivity index (χ0) is 21.8. The van der Waals surface area contributed by atoms with Crippen molar-refractivity contribution in [3.8, 4) is 5.75 Å². The molecule has 1 aliphatic rings. The third kappa shape index (κ3) is 4.62. The first-order valence-electron chi connectivity index (χ1n) is 9.93. The summed E-state index contributed by atoms with van der Waals surface area (Å²) >= 11 is 0. The SMILES string of the molecule is COC(=O)Nc1ccc(S(=O)(=O)N2CCC(Oc3cccc4cccnc34)CC2)cc1. The molecular weight excluding hydrogens is 418 g/mol. The van der Waals surface area contributed by atoms with E-state index in [-0.39, 0.29) is 11.0 Å². The summed E-state index contributed by atoms with van der Waals surface area (Å²) in [7, 11) is -2.36. The third-order valence-electron chi connectivity index (χ3n) is 5.21. The molecule has 0 aliphatic carbocycles. The molecular formula is C22H23N3O5S. The van der Waals surface area contributed by atoms with Gasteiger partial charge in [0.15, 0.2) is 0 Å². The molecule has 2 heterocycles. The van der Waals surface area contributed by atoms with Gasteiger partial charge in [0.05, 0.1) is 12.0 Å². The molecule has 1 amide bonds. The molecule has 0 unspecified atom stereocenters. The summed E-state index contributed by atoms with van der Waals surface area (Å²) in [5.74, 6) is 0.716. The number of rotatable bonds is 5. The molecule has 0 atom stereocenters. The predicted octanol–water partition coefficient (Wildman–Crippen LogP) is 3.65. The van der Waals surface area contributed by atoms with Gasteiger partial charge in [-0.05, 0) is 49.2 Å². The summed E-state index contributed by atoms with van der Waals surface area (Å²) in [6, 6.07) is 15.7. The van der Waals surface area contributed by atoms with E-state index in [2.05, 4.69) is 15.0 Å². The van der Waals surface area contributed by atoms with Crippen LogP contribution in [-0.4, -0.2) is 50.1 Å². The second-order valence-electron chi connectivity index (χ2n) is 7.19. The Kier molecular flexibility index (Phi) is 6.06. The van der Waals surface area contributed by atoms with Crippen LogP contribution in [0, 0.1) is 0 Å². The van der Waals surface area contributed by atoms with E-state index in [0.717, 1.165) is 10.9 Å². The molecule has 1 fully saturated rings. The number of anilines is 1. The second-order valence-corrected chi connectivity index (χ2v) is 9.13. The number of pyridine rings is 1. The van der Waals surface area contributed by atoms with Gasteiger partial charge in [0.1, 0.15) is 17.4 Å². The molecule has 9 heteroatoms. The van der Waals surface area contributed by atoms with Crippen LogP contribution in [0.25, 0.3) is 10.9 Å². The fraction of sp³-hybridized carbons (Fsp3) is 0.273. The molecule has 2 aromatic carbocycles. The Morgan fingerprint density at radius 1 is 1.06 bits per heavy atom. The number of amides is 1. The minimum Gasteiger partial charge on any atom is -0.488 e. The molecule has 31 heavy (non-hydrogen) atoms. The van der Waals surface area contributed by atoms with Crippen molar-refractivity contribution in [1.29, 1.82) is 0 Å². The number of aromatic nitrogens is 1. The van der Waals surface area contributed by atoms with Crippen molar-refractivity contribution < 1.29 is 22.7 Å². The monoisotopic (exact) mass is 441 g/mol. The summed E-state index contributed by atoms with van der Waals surface area (Å²) in [5.41, 5.74) is 1.27. The van der Waals surface area contributed by atoms with Crippen LogP contribution in [0.3, 0.4) is 0 Å². The molecule has 1 aromatic heterocycles. The number of methoxy groups -OCH3 is 1. The number of sulfonamides is 1. The van der Waals surface area contributed by atoms with E-state index >= 15 is 0 Å². The van der Waals surface area contributed by atoms with E-state index in [1.807, 2.05) is 30.3 Å². The summed E-state index contributed by atoms with van der Waals surface area (Å²) in [5, 5.41) is 3.50. The van der Waals surface area contributed by atoms with E-state index in [0.29, 0.717) is 37.4 Å². The number of carbonyl (C=O) groups is 1. The summed E-state index contributed by atoms with van der Waals surface area (Å²) in [6.07, 6.45) is 2.22. The third-order valence-corrected chi connectivity index (χ3v) is 7.13. The van der Waals surface area contributed by atoms with Crippen molar-refractivity contribution in [3.63, 3.8) is 0 Å². The minimum absolute atomic E-state index is 0.0781. The van der Waals surface area contributed by atoms with Crippen molar-refractivity contribution in [2.45, 2.75) is 23.8 Å². The van der Waals surface area contributed by atoms with Crippen molar-refractivity contribution in [3.05, 3.63) is 60.8 Å². The van der Waals surface area contributed by atoms with Crippen molar-refractivity contribution in [1.82, 2.24) is 9.29 Å². The molecule has 1 aliphatic heterocycles. The lowest BCUT2D eigenvalue weighted by Crippen LogP contribution is -2.41. The number of benzene rings is 2. The number of fused-ring (bicyclic) bond motifs is 1. The Morgan fingerprint density at radius 2 is 1.77 bits per heavy atom. The highest BCUT2D eigenvalue weighted by Gasteiger charge is 2.30. The van der Waals surface area contributed by atoms with Gasteiger partial charge in [-0.25, -0.2) is 13.2 Å². The van der Waals surface area contributed by atoms with Gasteiger partial charge in [-0.15, -0.1) is 0 Å². The number of ether oxygens (including phenoxy) is 2. The number of nitrogens with zero attached hydrogens (tertiary/aromatic N) is 2. The van der Waals surface area contributed by atoms with E-state index in [9.17, 15) is 13.2 Å². The molecule has 162 valence electrons. The maximum absolute atomic E-state index is 13.0. The van der Waals surface area contributed by atoms with Gasteiger partial charge >= 0.3 is 6.09 Å². The van der Waals surface area contributed by atoms with E-state index in [1.165, 1.54) is 35.7 Å². The van der Waals surface area contributed by atoms with Gasteiger partial charge in [-0.2, -0.15) is 4.31 Å². The molecule has 1 N–H and O–H groups in total. The summed E-state index contributed by atoms with van der Waals surface area (Å²) in [6.45, 7) is 0.737. The number of hydrogen-bond acceptors (Lipinski definition) is 6. The molecule has 0 bridgehead atoms. The normalized spacial score (nSPS) is 15.5. The highest BCUT2D eigenvalue weighted by Crippen LogP contribution is 2.28. The Balaban J connectivity index is 1.40. The molecule has 0 spiro atoms. The maximum atomic E-state index is 13.0.